The lowest BCUT2D eigenvalue weighted by Crippen LogP contribution is -2.26. The van der Waals surface area contributed by atoms with Crippen LogP contribution in [-0.2, 0) is 11.3 Å². The third-order valence-electron chi connectivity index (χ3n) is 2.65. The van der Waals surface area contributed by atoms with Crippen molar-refractivity contribution in [2.75, 3.05) is 13.7 Å². The molecule has 1 atom stereocenters. The van der Waals surface area contributed by atoms with Gasteiger partial charge in [-0.15, -0.1) is 0 Å². The van der Waals surface area contributed by atoms with E-state index in [0.717, 1.165) is 18.6 Å². The van der Waals surface area contributed by atoms with Crippen molar-refractivity contribution in [3.05, 3.63) is 35.1 Å². The van der Waals surface area contributed by atoms with Gasteiger partial charge in [-0.2, -0.15) is 0 Å². The Kier molecular flexibility index (Phi) is 5.43. The summed E-state index contributed by atoms with van der Waals surface area (Å²) in [6.07, 6.45) is 0.963. The van der Waals surface area contributed by atoms with Crippen LogP contribution in [0, 0.1) is 12.7 Å². The lowest BCUT2D eigenvalue weighted by atomic mass is 10.1. The van der Waals surface area contributed by atoms with E-state index in [4.69, 9.17) is 4.74 Å². The quantitative estimate of drug-likeness (QED) is 0.803. The number of ether oxygens (including phenoxy) is 1. The highest BCUT2D eigenvalue weighted by atomic mass is 19.1. The highest BCUT2D eigenvalue weighted by Crippen LogP contribution is 2.09. The summed E-state index contributed by atoms with van der Waals surface area (Å²) in [4.78, 5) is 0. The molecule has 0 bridgehead atoms. The smallest absolute Gasteiger partial charge is 0.126 e. The number of benzene rings is 1. The Hall–Kier alpha value is -0.930. The summed E-state index contributed by atoms with van der Waals surface area (Å²) >= 11 is 0. The van der Waals surface area contributed by atoms with Crippen molar-refractivity contribution in [1.29, 1.82) is 0 Å². The molecule has 0 spiro atoms. The summed E-state index contributed by atoms with van der Waals surface area (Å²) < 4.78 is 18.3. The minimum atomic E-state index is -0.135. The summed E-state index contributed by atoms with van der Waals surface area (Å²) in [6, 6.07) is 5.73. The van der Waals surface area contributed by atoms with E-state index >= 15 is 0 Å². The molecule has 0 saturated carbocycles. The molecule has 1 aromatic rings. The van der Waals surface area contributed by atoms with Crippen molar-refractivity contribution in [2.24, 2.45) is 0 Å². The minimum absolute atomic E-state index is 0.135. The van der Waals surface area contributed by atoms with Crippen molar-refractivity contribution >= 4 is 0 Å². The molecule has 0 amide bonds. The molecule has 1 unspecified atom stereocenters. The van der Waals surface area contributed by atoms with Gasteiger partial charge >= 0.3 is 0 Å². The molecule has 90 valence electrons. The Morgan fingerprint density at radius 2 is 2.19 bits per heavy atom. The summed E-state index contributed by atoms with van der Waals surface area (Å²) in [5.41, 5.74) is 1.67. The summed E-state index contributed by atoms with van der Waals surface area (Å²) in [6.45, 7) is 5.32. The van der Waals surface area contributed by atoms with E-state index in [2.05, 4.69) is 12.2 Å². The van der Waals surface area contributed by atoms with Gasteiger partial charge in [-0.1, -0.05) is 12.1 Å². The Balaban J connectivity index is 2.39. The predicted octanol–water partition coefficient (Wildman–Crippen LogP) is 2.65. The number of aryl methyl sites for hydroxylation is 1. The first-order chi connectivity index (χ1) is 7.63. The zero-order chi connectivity index (χ0) is 12.0. The third kappa shape index (κ3) is 4.29. The van der Waals surface area contributed by atoms with E-state index in [9.17, 15) is 4.39 Å². The fraction of sp³-hybridized carbons (Fsp3) is 0.538. The second kappa shape index (κ2) is 6.61. The molecule has 0 aliphatic carbocycles. The molecule has 1 N–H and O–H groups in total. The molecule has 0 aliphatic heterocycles. The van der Waals surface area contributed by atoms with Crippen LogP contribution in [0.1, 0.15) is 24.5 Å². The second-order valence-corrected chi connectivity index (χ2v) is 4.15. The molecule has 0 saturated heterocycles. The van der Waals surface area contributed by atoms with Crippen LogP contribution in [0.2, 0.25) is 0 Å². The van der Waals surface area contributed by atoms with Crippen molar-refractivity contribution < 1.29 is 9.13 Å². The van der Waals surface area contributed by atoms with E-state index in [1.807, 2.05) is 12.1 Å². The van der Waals surface area contributed by atoms with Crippen molar-refractivity contribution in [1.82, 2.24) is 5.32 Å². The van der Waals surface area contributed by atoms with Crippen molar-refractivity contribution in [3.8, 4) is 0 Å². The Morgan fingerprint density at radius 3 is 2.81 bits per heavy atom. The molecule has 1 aromatic carbocycles. The molecule has 0 heterocycles. The number of rotatable bonds is 6. The SMILES string of the molecule is COCCC(C)NCc1ccc(C)c(F)c1. The molecule has 0 fully saturated rings. The standard InChI is InChI=1S/C13H20FNO/c1-10-4-5-12(8-13(10)14)9-15-11(2)6-7-16-3/h4-5,8,11,15H,6-7,9H2,1-3H3. The van der Waals surface area contributed by atoms with Gasteiger partial charge in [0.05, 0.1) is 0 Å². The molecule has 2 nitrogen and oxygen atoms in total. The van der Waals surface area contributed by atoms with Gasteiger partial charge in [-0.25, -0.2) is 4.39 Å². The van der Waals surface area contributed by atoms with Gasteiger partial charge in [0.1, 0.15) is 5.82 Å². The maximum absolute atomic E-state index is 13.3. The predicted molar refractivity (Wildman–Crippen MR) is 63.9 cm³/mol. The molecule has 0 aliphatic rings. The van der Waals surface area contributed by atoms with Gasteiger partial charge in [0.15, 0.2) is 0 Å². The average Bonchev–Trinajstić information content (AvgIpc) is 2.28. The maximum atomic E-state index is 13.3. The second-order valence-electron chi connectivity index (χ2n) is 4.15. The average molecular weight is 225 g/mol. The Labute approximate surface area is 96.8 Å². The highest BCUT2D eigenvalue weighted by Gasteiger charge is 2.03. The monoisotopic (exact) mass is 225 g/mol. The maximum Gasteiger partial charge on any atom is 0.126 e. The van der Waals surface area contributed by atoms with Crippen molar-refractivity contribution in [2.45, 2.75) is 32.9 Å². The number of hydrogen-bond acceptors (Lipinski definition) is 2. The van der Waals surface area contributed by atoms with Crippen LogP contribution in [0.5, 0.6) is 0 Å². The number of halogens is 1. The van der Waals surface area contributed by atoms with Gasteiger partial charge in [0.2, 0.25) is 0 Å². The normalized spacial score (nSPS) is 12.8. The van der Waals surface area contributed by atoms with Crippen LogP contribution in [0.3, 0.4) is 0 Å². The Morgan fingerprint density at radius 1 is 1.44 bits per heavy atom. The molecule has 0 aromatic heterocycles. The molecule has 3 heteroatoms. The molecular weight excluding hydrogens is 205 g/mol. The number of nitrogens with one attached hydrogen (secondary N) is 1. The highest BCUT2D eigenvalue weighted by molar-refractivity contribution is 5.23. The molecule has 0 radical (unpaired) electrons. The van der Waals surface area contributed by atoms with Crippen LogP contribution in [-0.4, -0.2) is 19.8 Å². The summed E-state index contributed by atoms with van der Waals surface area (Å²) in [7, 11) is 1.70. The van der Waals surface area contributed by atoms with E-state index in [1.165, 1.54) is 0 Å². The van der Waals surface area contributed by atoms with Gasteiger partial charge in [-0.3, -0.25) is 0 Å². The molecule has 16 heavy (non-hydrogen) atoms. The number of hydrogen-bond donors (Lipinski definition) is 1. The first-order valence-electron chi connectivity index (χ1n) is 5.61. The van der Waals surface area contributed by atoms with Gasteiger partial charge in [0, 0.05) is 26.3 Å². The third-order valence-corrected chi connectivity index (χ3v) is 2.65. The largest absolute Gasteiger partial charge is 0.385 e. The zero-order valence-electron chi connectivity index (χ0n) is 10.2. The fourth-order valence-corrected chi connectivity index (χ4v) is 1.44. The lowest BCUT2D eigenvalue weighted by Gasteiger charge is -2.13. The number of methoxy groups -OCH3 is 1. The molecular formula is C13H20FNO. The van der Waals surface area contributed by atoms with Crippen molar-refractivity contribution in [3.63, 3.8) is 0 Å². The molecule has 1 rings (SSSR count). The first-order valence-corrected chi connectivity index (χ1v) is 5.61. The van der Waals surface area contributed by atoms with Crippen LogP contribution in [0.4, 0.5) is 4.39 Å². The minimum Gasteiger partial charge on any atom is -0.385 e. The van der Waals surface area contributed by atoms with E-state index in [0.29, 0.717) is 18.2 Å². The fourth-order valence-electron chi connectivity index (χ4n) is 1.44. The van der Waals surface area contributed by atoms with E-state index in [-0.39, 0.29) is 5.82 Å². The summed E-state index contributed by atoms with van der Waals surface area (Å²) in [5.74, 6) is -0.135. The van der Waals surface area contributed by atoms with E-state index in [1.54, 1.807) is 20.1 Å². The zero-order valence-corrected chi connectivity index (χ0v) is 10.2. The van der Waals surface area contributed by atoms with Gasteiger partial charge in [-0.05, 0) is 37.5 Å². The summed E-state index contributed by atoms with van der Waals surface area (Å²) in [5, 5.41) is 3.33. The first kappa shape index (κ1) is 13.1. The van der Waals surface area contributed by atoms with Crippen LogP contribution < -0.4 is 5.32 Å². The topological polar surface area (TPSA) is 21.3 Å². The van der Waals surface area contributed by atoms with E-state index < -0.39 is 0 Å². The van der Waals surface area contributed by atoms with Crippen LogP contribution in [0.25, 0.3) is 0 Å². The van der Waals surface area contributed by atoms with Crippen LogP contribution in [0.15, 0.2) is 18.2 Å². The van der Waals surface area contributed by atoms with Gasteiger partial charge in [0.25, 0.3) is 0 Å². The lowest BCUT2D eigenvalue weighted by molar-refractivity contribution is 0.184. The van der Waals surface area contributed by atoms with Gasteiger partial charge < -0.3 is 10.1 Å². The van der Waals surface area contributed by atoms with Crippen LogP contribution >= 0.6 is 0 Å². The Bertz CT molecular complexity index is 328.